The van der Waals surface area contributed by atoms with Gasteiger partial charge in [-0.1, -0.05) is 41.4 Å². The number of rotatable bonds is 7. The van der Waals surface area contributed by atoms with Crippen molar-refractivity contribution in [1.29, 1.82) is 0 Å². The highest BCUT2D eigenvalue weighted by Crippen LogP contribution is 2.26. The third-order valence-electron chi connectivity index (χ3n) is 5.72. The first-order valence-electron chi connectivity index (χ1n) is 11.0. The predicted octanol–water partition coefficient (Wildman–Crippen LogP) is 5.61. The highest BCUT2D eigenvalue weighted by Gasteiger charge is 2.17. The van der Waals surface area contributed by atoms with Crippen LogP contribution in [0.4, 0.5) is 5.69 Å². The van der Waals surface area contributed by atoms with Crippen LogP contribution in [0.2, 0.25) is 5.02 Å². The lowest BCUT2D eigenvalue weighted by molar-refractivity contribution is 0.102. The lowest BCUT2D eigenvalue weighted by Crippen LogP contribution is -2.15. The molecule has 0 aliphatic rings. The molecule has 1 amide bonds. The largest absolute Gasteiger partial charge is 0.471 e. The fourth-order valence-corrected chi connectivity index (χ4v) is 3.87. The van der Waals surface area contributed by atoms with Gasteiger partial charge >= 0.3 is 0 Å². The zero-order valence-electron chi connectivity index (χ0n) is 20.0. The Hall–Kier alpha value is -3.58. The molecule has 0 saturated carbocycles. The SMILES string of the molecule is Cc1ccc(Cn2nc(C)c(NC(=O)c3ccn(COc4cc(C)c(Cl)c(C)c4)n3)c2C)cc1. The van der Waals surface area contributed by atoms with E-state index in [0.717, 1.165) is 33.1 Å². The lowest BCUT2D eigenvalue weighted by atomic mass is 10.1. The van der Waals surface area contributed by atoms with Crippen molar-refractivity contribution in [1.82, 2.24) is 19.6 Å². The van der Waals surface area contributed by atoms with Gasteiger partial charge in [0.15, 0.2) is 12.4 Å². The molecule has 2 heterocycles. The van der Waals surface area contributed by atoms with Gasteiger partial charge < -0.3 is 10.1 Å². The molecule has 0 aliphatic carbocycles. The Morgan fingerprint density at radius 1 is 1.00 bits per heavy atom. The Morgan fingerprint density at radius 3 is 2.35 bits per heavy atom. The molecule has 2 aromatic carbocycles. The van der Waals surface area contributed by atoms with Crippen LogP contribution in [0.3, 0.4) is 0 Å². The van der Waals surface area contributed by atoms with Gasteiger partial charge in [-0.15, -0.1) is 0 Å². The van der Waals surface area contributed by atoms with Crippen LogP contribution in [0.1, 0.15) is 44.1 Å². The molecule has 0 bridgehead atoms. The Bertz CT molecular complexity index is 1310. The number of carbonyl (C=O) groups is 1. The molecule has 4 aromatic rings. The van der Waals surface area contributed by atoms with Crippen molar-refractivity contribution >= 4 is 23.2 Å². The minimum Gasteiger partial charge on any atom is -0.471 e. The summed E-state index contributed by atoms with van der Waals surface area (Å²) in [6.45, 7) is 10.6. The van der Waals surface area contributed by atoms with Gasteiger partial charge in [0.25, 0.3) is 5.91 Å². The Balaban J connectivity index is 1.41. The van der Waals surface area contributed by atoms with Crippen LogP contribution < -0.4 is 10.1 Å². The summed E-state index contributed by atoms with van der Waals surface area (Å²) < 4.78 is 9.30. The maximum Gasteiger partial charge on any atom is 0.276 e. The average Bonchev–Trinajstić information content (AvgIpc) is 3.38. The van der Waals surface area contributed by atoms with E-state index in [9.17, 15) is 4.79 Å². The summed E-state index contributed by atoms with van der Waals surface area (Å²) in [6, 6.07) is 13.8. The van der Waals surface area contributed by atoms with Gasteiger partial charge in [-0.05, 0) is 69.5 Å². The van der Waals surface area contributed by atoms with E-state index >= 15 is 0 Å². The Kier molecular flexibility index (Phi) is 6.75. The second-order valence-electron chi connectivity index (χ2n) is 8.53. The summed E-state index contributed by atoms with van der Waals surface area (Å²) >= 11 is 6.22. The van der Waals surface area contributed by atoms with Gasteiger partial charge in [0.1, 0.15) is 5.75 Å². The Labute approximate surface area is 204 Å². The first-order valence-corrected chi connectivity index (χ1v) is 11.4. The third kappa shape index (κ3) is 5.15. The number of carbonyl (C=O) groups excluding carboxylic acids is 1. The topological polar surface area (TPSA) is 74.0 Å². The summed E-state index contributed by atoms with van der Waals surface area (Å²) in [5.41, 5.74) is 6.92. The van der Waals surface area contributed by atoms with E-state index in [4.69, 9.17) is 16.3 Å². The van der Waals surface area contributed by atoms with Crippen molar-refractivity contribution in [2.45, 2.75) is 47.9 Å². The van der Waals surface area contributed by atoms with Crippen molar-refractivity contribution in [3.8, 4) is 5.75 Å². The fourth-order valence-electron chi connectivity index (χ4n) is 3.76. The molecular weight excluding hydrogens is 450 g/mol. The number of aryl methyl sites for hydroxylation is 4. The van der Waals surface area contributed by atoms with Crippen molar-refractivity contribution in [3.05, 3.63) is 93.0 Å². The van der Waals surface area contributed by atoms with E-state index in [1.54, 1.807) is 16.9 Å². The molecule has 4 rings (SSSR count). The summed E-state index contributed by atoms with van der Waals surface area (Å²) in [4.78, 5) is 12.9. The zero-order valence-corrected chi connectivity index (χ0v) is 20.8. The molecule has 0 spiro atoms. The molecule has 0 aliphatic heterocycles. The summed E-state index contributed by atoms with van der Waals surface area (Å²) in [6.07, 6.45) is 1.71. The number of halogens is 1. The maximum absolute atomic E-state index is 12.9. The minimum atomic E-state index is -0.294. The van der Waals surface area contributed by atoms with Gasteiger partial charge in [-0.25, -0.2) is 4.68 Å². The third-order valence-corrected chi connectivity index (χ3v) is 6.32. The molecule has 1 N–H and O–H groups in total. The molecule has 2 aromatic heterocycles. The van der Waals surface area contributed by atoms with Crippen molar-refractivity contribution in [2.24, 2.45) is 0 Å². The van der Waals surface area contributed by atoms with E-state index in [-0.39, 0.29) is 12.6 Å². The summed E-state index contributed by atoms with van der Waals surface area (Å²) in [5, 5.41) is 12.7. The van der Waals surface area contributed by atoms with Crippen LogP contribution in [-0.2, 0) is 13.3 Å². The number of amides is 1. The van der Waals surface area contributed by atoms with Crippen LogP contribution in [-0.4, -0.2) is 25.5 Å². The predicted molar refractivity (Wildman–Crippen MR) is 134 cm³/mol. The van der Waals surface area contributed by atoms with Crippen LogP contribution in [0.5, 0.6) is 5.75 Å². The van der Waals surface area contributed by atoms with Crippen LogP contribution in [0.25, 0.3) is 0 Å². The minimum absolute atomic E-state index is 0.181. The van der Waals surface area contributed by atoms with Gasteiger partial charge in [-0.2, -0.15) is 10.2 Å². The van der Waals surface area contributed by atoms with Crippen LogP contribution >= 0.6 is 11.6 Å². The maximum atomic E-state index is 12.9. The van der Waals surface area contributed by atoms with Crippen LogP contribution in [0, 0.1) is 34.6 Å². The number of hydrogen-bond acceptors (Lipinski definition) is 4. The number of anilines is 1. The molecule has 0 unspecified atom stereocenters. The monoisotopic (exact) mass is 477 g/mol. The smallest absolute Gasteiger partial charge is 0.276 e. The fraction of sp³-hybridized carbons (Fsp3) is 0.269. The molecule has 0 fully saturated rings. The second-order valence-corrected chi connectivity index (χ2v) is 8.91. The van der Waals surface area contributed by atoms with Gasteiger partial charge in [-0.3, -0.25) is 9.48 Å². The highest BCUT2D eigenvalue weighted by molar-refractivity contribution is 6.32. The zero-order chi connectivity index (χ0) is 24.4. The van der Waals surface area contributed by atoms with E-state index in [1.165, 1.54) is 5.56 Å². The summed E-state index contributed by atoms with van der Waals surface area (Å²) in [7, 11) is 0. The number of aromatic nitrogens is 4. The average molecular weight is 478 g/mol. The molecule has 8 heteroatoms. The van der Waals surface area contributed by atoms with Crippen LogP contribution in [0.15, 0.2) is 48.7 Å². The molecular formula is C26H28ClN5O2. The normalized spacial score (nSPS) is 11.0. The number of nitrogens with one attached hydrogen (secondary N) is 1. The first kappa shape index (κ1) is 23.6. The molecule has 176 valence electrons. The number of nitrogens with zero attached hydrogens (tertiary/aromatic N) is 4. The van der Waals surface area contributed by atoms with Gasteiger partial charge in [0.05, 0.1) is 23.6 Å². The highest BCUT2D eigenvalue weighted by atomic mass is 35.5. The van der Waals surface area contributed by atoms with Crippen molar-refractivity contribution < 1.29 is 9.53 Å². The van der Waals surface area contributed by atoms with Gasteiger partial charge in [0.2, 0.25) is 0 Å². The van der Waals surface area contributed by atoms with E-state index in [1.807, 2.05) is 44.5 Å². The molecule has 7 nitrogen and oxygen atoms in total. The quantitative estimate of drug-likeness (QED) is 0.375. The van der Waals surface area contributed by atoms with E-state index in [0.29, 0.717) is 23.7 Å². The number of benzene rings is 2. The molecule has 0 radical (unpaired) electrons. The summed E-state index contributed by atoms with van der Waals surface area (Å²) in [5.74, 6) is 0.408. The van der Waals surface area contributed by atoms with Crippen molar-refractivity contribution in [3.63, 3.8) is 0 Å². The van der Waals surface area contributed by atoms with E-state index in [2.05, 4.69) is 46.7 Å². The lowest BCUT2D eigenvalue weighted by Gasteiger charge is -2.10. The molecule has 0 saturated heterocycles. The first-order chi connectivity index (χ1) is 16.2. The number of hydrogen-bond donors (Lipinski definition) is 1. The Morgan fingerprint density at radius 2 is 1.68 bits per heavy atom. The standard InChI is InChI=1S/C26H28ClN5O2/c1-16-6-8-21(9-7-16)14-32-20(5)25(19(4)29-32)28-26(33)23-10-11-31(30-23)15-34-22-12-17(2)24(27)18(3)13-22/h6-13H,14-15H2,1-5H3,(H,28,33). The molecule has 34 heavy (non-hydrogen) atoms. The van der Waals surface area contributed by atoms with E-state index < -0.39 is 0 Å². The van der Waals surface area contributed by atoms with Crippen molar-refractivity contribution in [2.75, 3.05) is 5.32 Å². The van der Waals surface area contributed by atoms with Gasteiger partial charge in [0, 0.05) is 11.2 Å². The second kappa shape index (κ2) is 9.73. The molecule has 0 atom stereocenters. The number of ether oxygens (including phenoxy) is 1.